The molecule has 0 saturated heterocycles. The second-order valence-electron chi connectivity index (χ2n) is 5.89. The summed E-state index contributed by atoms with van der Waals surface area (Å²) in [5.41, 5.74) is 7.19. The second kappa shape index (κ2) is 4.88. The van der Waals surface area contributed by atoms with Gasteiger partial charge in [-0.05, 0) is 12.8 Å². The first-order valence-electron chi connectivity index (χ1n) is 6.35. The van der Waals surface area contributed by atoms with Crippen LogP contribution in [-0.2, 0) is 12.0 Å². The monoisotopic (exact) mass is 266 g/mol. The fourth-order valence-electron chi connectivity index (χ4n) is 1.64. The first kappa shape index (κ1) is 13.3. The van der Waals surface area contributed by atoms with Gasteiger partial charge in [0, 0.05) is 23.9 Å². The van der Waals surface area contributed by atoms with Crippen molar-refractivity contribution in [3.63, 3.8) is 0 Å². The third-order valence-electron chi connectivity index (χ3n) is 3.15. The zero-order valence-electron chi connectivity index (χ0n) is 11.6. The lowest BCUT2D eigenvalue weighted by Gasteiger charge is -2.16. The predicted octanol–water partition coefficient (Wildman–Crippen LogP) is 2.35. The van der Waals surface area contributed by atoms with E-state index >= 15 is 0 Å². The lowest BCUT2D eigenvalue weighted by molar-refractivity contribution is 0.487. The molecular formula is C13H22N4S. The van der Waals surface area contributed by atoms with Gasteiger partial charge in [0.15, 0.2) is 5.96 Å². The quantitative estimate of drug-likeness (QED) is 0.675. The highest BCUT2D eigenvalue weighted by Gasteiger charge is 2.27. The van der Waals surface area contributed by atoms with Crippen LogP contribution in [0.25, 0.3) is 0 Å². The van der Waals surface area contributed by atoms with Gasteiger partial charge in [0.25, 0.3) is 0 Å². The molecule has 100 valence electrons. The van der Waals surface area contributed by atoms with Gasteiger partial charge in [0.05, 0.1) is 12.2 Å². The van der Waals surface area contributed by atoms with E-state index in [1.807, 2.05) is 7.05 Å². The Kier molecular flexibility index (Phi) is 3.61. The van der Waals surface area contributed by atoms with Gasteiger partial charge >= 0.3 is 0 Å². The summed E-state index contributed by atoms with van der Waals surface area (Å²) in [7, 11) is 2.01. The van der Waals surface area contributed by atoms with Crippen LogP contribution in [0.4, 0.5) is 0 Å². The van der Waals surface area contributed by atoms with Gasteiger partial charge in [0.2, 0.25) is 0 Å². The minimum absolute atomic E-state index is 0.106. The first-order chi connectivity index (χ1) is 8.38. The normalized spacial score (nSPS) is 17.0. The molecule has 1 heterocycles. The number of nitrogens with two attached hydrogens (primary N) is 1. The number of hydrogen-bond acceptors (Lipinski definition) is 3. The Morgan fingerprint density at radius 1 is 1.56 bits per heavy atom. The largest absolute Gasteiger partial charge is 0.370 e. The van der Waals surface area contributed by atoms with E-state index in [9.17, 15) is 0 Å². The van der Waals surface area contributed by atoms with Crippen molar-refractivity contribution in [2.45, 2.75) is 51.6 Å². The number of rotatable bonds is 3. The smallest absolute Gasteiger partial charge is 0.191 e. The zero-order chi connectivity index (χ0) is 13.3. The summed E-state index contributed by atoms with van der Waals surface area (Å²) in [5, 5.41) is 3.15. The van der Waals surface area contributed by atoms with Gasteiger partial charge in [-0.1, -0.05) is 20.8 Å². The number of aliphatic imine (C=N–C) groups is 1. The van der Waals surface area contributed by atoms with Crippen LogP contribution in [0.3, 0.4) is 0 Å². The third kappa shape index (κ3) is 3.22. The van der Waals surface area contributed by atoms with Crippen LogP contribution >= 0.6 is 11.3 Å². The molecule has 5 heteroatoms. The summed E-state index contributed by atoms with van der Waals surface area (Å²) in [5.74, 6) is 0.630. The molecule has 0 aliphatic heterocycles. The summed E-state index contributed by atoms with van der Waals surface area (Å²) in [4.78, 5) is 11.1. The van der Waals surface area contributed by atoms with E-state index < -0.39 is 0 Å². The summed E-state index contributed by atoms with van der Waals surface area (Å²) in [6.07, 6.45) is 2.47. The molecule has 0 unspecified atom stereocenters. The van der Waals surface area contributed by atoms with Crippen LogP contribution in [0.2, 0.25) is 0 Å². The van der Waals surface area contributed by atoms with E-state index in [0.29, 0.717) is 18.5 Å². The second-order valence-corrected chi connectivity index (χ2v) is 6.84. The summed E-state index contributed by atoms with van der Waals surface area (Å²) >= 11 is 1.66. The summed E-state index contributed by atoms with van der Waals surface area (Å²) in [6.45, 7) is 7.10. The van der Waals surface area contributed by atoms with Crippen molar-refractivity contribution >= 4 is 17.3 Å². The van der Waals surface area contributed by atoms with E-state index in [-0.39, 0.29) is 5.41 Å². The summed E-state index contributed by atoms with van der Waals surface area (Å²) < 4.78 is 0. The SMILES string of the molecule is CN(C(N)=NCc1nc(C(C)(C)C)cs1)C1CC1. The first-order valence-corrected chi connectivity index (χ1v) is 7.23. The van der Waals surface area contributed by atoms with Crippen molar-refractivity contribution in [2.75, 3.05) is 7.05 Å². The number of hydrogen-bond donors (Lipinski definition) is 1. The van der Waals surface area contributed by atoms with Gasteiger partial charge in [-0.2, -0.15) is 0 Å². The van der Waals surface area contributed by atoms with E-state index in [4.69, 9.17) is 5.73 Å². The van der Waals surface area contributed by atoms with Crippen LogP contribution in [-0.4, -0.2) is 28.9 Å². The maximum Gasteiger partial charge on any atom is 0.191 e. The number of aromatic nitrogens is 1. The number of thiazole rings is 1. The topological polar surface area (TPSA) is 54.5 Å². The lowest BCUT2D eigenvalue weighted by Crippen LogP contribution is -2.35. The maximum absolute atomic E-state index is 5.95. The van der Waals surface area contributed by atoms with Crippen molar-refractivity contribution in [3.05, 3.63) is 16.1 Å². The highest BCUT2D eigenvalue weighted by atomic mass is 32.1. The van der Waals surface area contributed by atoms with E-state index in [1.165, 1.54) is 12.8 Å². The van der Waals surface area contributed by atoms with Crippen molar-refractivity contribution < 1.29 is 0 Å². The molecule has 1 saturated carbocycles. The Labute approximate surface area is 113 Å². The van der Waals surface area contributed by atoms with Crippen LogP contribution in [0, 0.1) is 0 Å². The average molecular weight is 266 g/mol. The van der Waals surface area contributed by atoms with Gasteiger partial charge in [-0.15, -0.1) is 11.3 Å². The summed E-state index contributed by atoms with van der Waals surface area (Å²) in [6, 6.07) is 0.607. The standard InChI is InChI=1S/C13H22N4S/c1-13(2,3)10-8-18-11(16-10)7-15-12(14)17(4)9-5-6-9/h8-9H,5-7H2,1-4H3,(H2,14,15). The fourth-order valence-corrected chi connectivity index (χ4v) is 2.58. The molecular weight excluding hydrogens is 244 g/mol. The molecule has 2 N–H and O–H groups in total. The number of guanidine groups is 1. The fraction of sp³-hybridized carbons (Fsp3) is 0.692. The number of nitrogens with zero attached hydrogens (tertiary/aromatic N) is 3. The highest BCUT2D eigenvalue weighted by Crippen LogP contribution is 2.26. The minimum atomic E-state index is 0.106. The van der Waals surface area contributed by atoms with Crippen molar-refractivity contribution in [1.82, 2.24) is 9.88 Å². The molecule has 1 aromatic heterocycles. The average Bonchev–Trinajstić information content (AvgIpc) is 3.02. The van der Waals surface area contributed by atoms with E-state index in [2.05, 4.69) is 41.0 Å². The Morgan fingerprint density at radius 3 is 2.72 bits per heavy atom. The van der Waals surface area contributed by atoms with Crippen LogP contribution < -0.4 is 5.73 Å². The molecule has 0 spiro atoms. The predicted molar refractivity (Wildman–Crippen MR) is 76.9 cm³/mol. The van der Waals surface area contributed by atoms with Gasteiger partial charge in [-0.3, -0.25) is 0 Å². The van der Waals surface area contributed by atoms with Crippen molar-refractivity contribution in [1.29, 1.82) is 0 Å². The Bertz CT molecular complexity index is 440. The molecule has 0 bridgehead atoms. The molecule has 0 radical (unpaired) electrons. The molecule has 1 aliphatic carbocycles. The molecule has 1 aromatic rings. The molecule has 1 fully saturated rings. The maximum atomic E-state index is 5.95. The third-order valence-corrected chi connectivity index (χ3v) is 3.99. The molecule has 4 nitrogen and oxygen atoms in total. The van der Waals surface area contributed by atoms with Gasteiger partial charge in [-0.25, -0.2) is 9.98 Å². The van der Waals surface area contributed by atoms with Gasteiger partial charge < -0.3 is 10.6 Å². The molecule has 2 rings (SSSR count). The van der Waals surface area contributed by atoms with E-state index in [1.54, 1.807) is 11.3 Å². The Morgan fingerprint density at radius 2 is 2.22 bits per heavy atom. The van der Waals surface area contributed by atoms with E-state index in [0.717, 1.165) is 10.7 Å². The molecule has 0 atom stereocenters. The molecule has 1 aliphatic rings. The highest BCUT2D eigenvalue weighted by molar-refractivity contribution is 7.09. The Hall–Kier alpha value is -1.10. The Balaban J connectivity index is 1.97. The van der Waals surface area contributed by atoms with Gasteiger partial charge in [0.1, 0.15) is 5.01 Å². The van der Waals surface area contributed by atoms with Crippen LogP contribution in [0.5, 0.6) is 0 Å². The van der Waals surface area contributed by atoms with Crippen molar-refractivity contribution in [2.24, 2.45) is 10.7 Å². The molecule has 0 amide bonds. The van der Waals surface area contributed by atoms with Crippen LogP contribution in [0.15, 0.2) is 10.4 Å². The molecule has 18 heavy (non-hydrogen) atoms. The lowest BCUT2D eigenvalue weighted by atomic mass is 9.93. The van der Waals surface area contributed by atoms with Crippen molar-refractivity contribution in [3.8, 4) is 0 Å². The minimum Gasteiger partial charge on any atom is -0.370 e. The van der Waals surface area contributed by atoms with Crippen LogP contribution in [0.1, 0.15) is 44.3 Å². The zero-order valence-corrected chi connectivity index (χ0v) is 12.4. The molecule has 0 aromatic carbocycles.